The van der Waals surface area contributed by atoms with Crippen LogP contribution >= 0.6 is 22.6 Å². The molecule has 0 radical (unpaired) electrons. The van der Waals surface area contributed by atoms with Crippen LogP contribution in [0.2, 0.25) is 0 Å². The van der Waals surface area contributed by atoms with Gasteiger partial charge in [0.05, 0.1) is 15.5 Å². The van der Waals surface area contributed by atoms with Crippen LogP contribution in [0, 0.1) is 6.92 Å². The van der Waals surface area contributed by atoms with Gasteiger partial charge in [-0.05, 0) is 48.2 Å². The number of aromatic hydroxyl groups is 1. The van der Waals surface area contributed by atoms with E-state index in [1.165, 1.54) is 0 Å². The molecule has 4 aromatic rings. The van der Waals surface area contributed by atoms with Crippen molar-refractivity contribution in [3.8, 4) is 5.75 Å². The maximum absolute atomic E-state index is 11.7. The van der Waals surface area contributed by atoms with Crippen LogP contribution in [0.4, 0.5) is 5.82 Å². The summed E-state index contributed by atoms with van der Waals surface area (Å²) < 4.78 is 2.65. The zero-order valence-corrected chi connectivity index (χ0v) is 21.0. The Kier molecular flexibility index (Phi) is 7.02. The van der Waals surface area contributed by atoms with E-state index in [9.17, 15) is 9.90 Å². The molecule has 7 nitrogen and oxygen atoms in total. The molecule has 8 heteroatoms. The molecule has 0 fully saturated rings. The van der Waals surface area contributed by atoms with Gasteiger partial charge in [-0.25, -0.2) is 9.97 Å². The van der Waals surface area contributed by atoms with Gasteiger partial charge in [-0.1, -0.05) is 54.1 Å². The third-order valence-corrected chi connectivity index (χ3v) is 6.51. The van der Waals surface area contributed by atoms with Gasteiger partial charge < -0.3 is 20.7 Å². The van der Waals surface area contributed by atoms with Crippen molar-refractivity contribution in [3.63, 3.8) is 0 Å². The van der Waals surface area contributed by atoms with Gasteiger partial charge in [0.25, 0.3) is 0 Å². The zero-order valence-electron chi connectivity index (χ0n) is 18.9. The second kappa shape index (κ2) is 9.94. The van der Waals surface area contributed by atoms with Gasteiger partial charge in [-0.2, -0.15) is 0 Å². The van der Waals surface area contributed by atoms with Gasteiger partial charge in [0.1, 0.15) is 17.1 Å². The molecule has 0 aliphatic heterocycles. The van der Waals surface area contributed by atoms with E-state index in [0.29, 0.717) is 28.9 Å². The van der Waals surface area contributed by atoms with Crippen LogP contribution in [0.1, 0.15) is 42.3 Å². The fourth-order valence-corrected chi connectivity index (χ4v) is 4.33. The lowest BCUT2D eigenvalue weighted by molar-refractivity contribution is -0.118. The number of phenols is 1. The average molecular weight is 557 g/mol. The Labute approximate surface area is 206 Å². The van der Waals surface area contributed by atoms with E-state index in [1.807, 2.05) is 31.2 Å². The second-order valence-corrected chi connectivity index (χ2v) is 9.06. The van der Waals surface area contributed by atoms with Crippen LogP contribution in [0.5, 0.6) is 5.75 Å². The number of pyridine rings is 1. The number of carbonyl (C=O) groups excluding carboxylic acids is 1. The summed E-state index contributed by atoms with van der Waals surface area (Å²) >= 11 is 2.05. The highest BCUT2D eigenvalue weighted by Gasteiger charge is 2.18. The number of unbranched alkanes of at least 4 members (excludes halogenated alkanes) is 1. The molecule has 1 amide bonds. The summed E-state index contributed by atoms with van der Waals surface area (Å²) in [6.45, 7) is 5.14. The predicted octanol–water partition coefficient (Wildman–Crippen LogP) is 4.62. The first-order valence-electron chi connectivity index (χ1n) is 11.1. The van der Waals surface area contributed by atoms with E-state index in [4.69, 9.17) is 10.7 Å². The Morgan fingerprint density at radius 2 is 1.97 bits per heavy atom. The summed E-state index contributed by atoms with van der Waals surface area (Å²) in [7, 11) is 0. The number of anilines is 1. The largest absolute Gasteiger partial charge is 0.508 e. The molecule has 33 heavy (non-hydrogen) atoms. The molecule has 4 N–H and O–H groups in total. The highest BCUT2D eigenvalue weighted by molar-refractivity contribution is 14.1. The quantitative estimate of drug-likeness (QED) is 0.217. The Morgan fingerprint density at radius 1 is 1.18 bits per heavy atom. The molecule has 2 aromatic carbocycles. The number of benzene rings is 2. The molecule has 4 rings (SSSR count). The number of hydrogen-bond acceptors (Lipinski definition) is 5. The van der Waals surface area contributed by atoms with Crippen LogP contribution in [-0.4, -0.2) is 30.0 Å². The fraction of sp³-hybridized carbons (Fsp3) is 0.320. The molecule has 0 bridgehead atoms. The summed E-state index contributed by atoms with van der Waals surface area (Å²) in [5.41, 5.74) is 11.7. The van der Waals surface area contributed by atoms with E-state index in [0.717, 1.165) is 58.2 Å². The number of imidazole rings is 1. The minimum atomic E-state index is 0.00543. The first kappa shape index (κ1) is 23.3. The first-order chi connectivity index (χ1) is 15.9. The fourth-order valence-electron chi connectivity index (χ4n) is 4.06. The standard InChI is InChI=1S/C25H28IN5O2/c1-3-4-5-21-30-23-24(31(21)14-17-7-9-20(32)15(2)10-17)18-11-16(13-28-22(33)12-26)6-8-19(18)29-25(23)27/h6-11,32H,3-5,12-14H2,1-2H3,(H2,27,29)(H,28,33). The Hall–Kier alpha value is -2.88. The summed E-state index contributed by atoms with van der Waals surface area (Å²) in [5, 5.41) is 13.9. The number of nitrogen functional groups attached to an aromatic ring is 1. The lowest BCUT2D eigenvalue weighted by Gasteiger charge is -2.13. The molecule has 0 aliphatic carbocycles. The minimum Gasteiger partial charge on any atom is -0.508 e. The van der Waals surface area contributed by atoms with Gasteiger partial charge in [0.15, 0.2) is 5.82 Å². The van der Waals surface area contributed by atoms with E-state index >= 15 is 0 Å². The van der Waals surface area contributed by atoms with E-state index in [2.05, 4.69) is 50.4 Å². The number of nitrogens with zero attached hydrogens (tertiary/aromatic N) is 3. The molecular formula is C25H28IN5O2. The smallest absolute Gasteiger partial charge is 0.230 e. The van der Waals surface area contributed by atoms with Crippen molar-refractivity contribution in [2.75, 3.05) is 10.2 Å². The molecule has 2 aromatic heterocycles. The summed E-state index contributed by atoms with van der Waals surface area (Å²) in [5.74, 6) is 1.69. The number of rotatable bonds is 8. The SMILES string of the molecule is CCCCc1nc2c(N)nc3ccc(CNC(=O)CI)cc3c2n1Cc1ccc(O)c(C)c1. The van der Waals surface area contributed by atoms with Crippen LogP contribution in [0.25, 0.3) is 21.9 Å². The summed E-state index contributed by atoms with van der Waals surface area (Å²) in [6.07, 6.45) is 2.93. The van der Waals surface area contributed by atoms with Crippen LogP contribution < -0.4 is 11.1 Å². The van der Waals surface area contributed by atoms with Gasteiger partial charge in [0, 0.05) is 24.9 Å². The summed E-state index contributed by atoms with van der Waals surface area (Å²) in [4.78, 5) is 21.3. The number of nitrogens with two attached hydrogens (primary N) is 1. The molecule has 0 atom stereocenters. The highest BCUT2D eigenvalue weighted by Crippen LogP contribution is 2.31. The number of aryl methyl sites for hydroxylation is 2. The molecule has 0 spiro atoms. The van der Waals surface area contributed by atoms with Crippen molar-refractivity contribution >= 4 is 56.3 Å². The number of phenolic OH excluding ortho intramolecular Hbond substituents is 1. The van der Waals surface area contributed by atoms with Crippen molar-refractivity contribution in [1.82, 2.24) is 19.9 Å². The Morgan fingerprint density at radius 3 is 2.70 bits per heavy atom. The molecular weight excluding hydrogens is 529 g/mol. The van der Waals surface area contributed by atoms with Crippen molar-refractivity contribution in [2.45, 2.75) is 46.2 Å². The topological polar surface area (TPSA) is 106 Å². The van der Waals surface area contributed by atoms with Crippen molar-refractivity contribution in [2.24, 2.45) is 0 Å². The maximum atomic E-state index is 11.7. The second-order valence-electron chi connectivity index (χ2n) is 8.29. The van der Waals surface area contributed by atoms with E-state index in [1.54, 1.807) is 6.07 Å². The number of alkyl halides is 1. The first-order valence-corrected chi connectivity index (χ1v) is 12.6. The maximum Gasteiger partial charge on any atom is 0.230 e. The van der Waals surface area contributed by atoms with Gasteiger partial charge in [0.2, 0.25) is 5.91 Å². The molecule has 0 saturated heterocycles. The Balaban J connectivity index is 1.89. The molecule has 172 valence electrons. The molecule has 0 aliphatic rings. The van der Waals surface area contributed by atoms with Crippen molar-refractivity contribution in [1.29, 1.82) is 0 Å². The molecule has 0 unspecified atom stereocenters. The number of halogens is 1. The average Bonchev–Trinajstić information content (AvgIpc) is 3.17. The van der Waals surface area contributed by atoms with Crippen LogP contribution in [0.3, 0.4) is 0 Å². The van der Waals surface area contributed by atoms with E-state index in [-0.39, 0.29) is 11.7 Å². The highest BCUT2D eigenvalue weighted by atomic mass is 127. The number of carbonyl (C=O) groups is 1. The predicted molar refractivity (Wildman–Crippen MR) is 141 cm³/mol. The monoisotopic (exact) mass is 557 g/mol. The van der Waals surface area contributed by atoms with Gasteiger partial charge in [-0.3, -0.25) is 4.79 Å². The zero-order chi connectivity index (χ0) is 23.5. The molecule has 2 heterocycles. The number of fused-ring (bicyclic) bond motifs is 3. The number of aromatic nitrogens is 3. The number of amides is 1. The normalized spacial score (nSPS) is 11.4. The molecule has 0 saturated carbocycles. The lowest BCUT2D eigenvalue weighted by Crippen LogP contribution is -2.23. The van der Waals surface area contributed by atoms with E-state index < -0.39 is 0 Å². The van der Waals surface area contributed by atoms with Gasteiger partial charge >= 0.3 is 0 Å². The minimum absolute atomic E-state index is 0.00543. The third kappa shape index (κ3) is 4.90. The third-order valence-electron chi connectivity index (χ3n) is 5.81. The lowest BCUT2D eigenvalue weighted by atomic mass is 10.1. The number of nitrogens with one attached hydrogen (secondary N) is 1. The number of hydrogen-bond donors (Lipinski definition) is 3. The van der Waals surface area contributed by atoms with Gasteiger partial charge in [-0.15, -0.1) is 0 Å². The Bertz CT molecular complexity index is 1330. The van der Waals surface area contributed by atoms with Crippen LogP contribution in [-0.2, 0) is 24.3 Å². The van der Waals surface area contributed by atoms with Crippen molar-refractivity contribution < 1.29 is 9.90 Å². The van der Waals surface area contributed by atoms with Crippen molar-refractivity contribution in [3.05, 3.63) is 58.9 Å². The summed E-state index contributed by atoms with van der Waals surface area (Å²) in [6, 6.07) is 11.7. The van der Waals surface area contributed by atoms with Crippen LogP contribution in [0.15, 0.2) is 36.4 Å².